The van der Waals surface area contributed by atoms with Crippen molar-refractivity contribution in [2.45, 2.75) is 0 Å². The smallest absolute Gasteiger partial charge is 0.283 e. The highest BCUT2D eigenvalue weighted by Crippen LogP contribution is 2.32. The third-order valence-corrected chi connectivity index (χ3v) is 4.85. The van der Waals surface area contributed by atoms with E-state index in [2.05, 4.69) is 10.1 Å². The molecular weight excluding hydrogens is 368 g/mol. The number of hydrogen-bond acceptors (Lipinski definition) is 7. The summed E-state index contributed by atoms with van der Waals surface area (Å²) in [6.07, 6.45) is 3.09. The molecule has 27 heavy (non-hydrogen) atoms. The molecule has 2 aliphatic rings. The maximum atomic E-state index is 12.5. The summed E-state index contributed by atoms with van der Waals surface area (Å²) < 4.78 is 15.9. The molecule has 3 heterocycles. The number of hydrazone groups is 1. The molecule has 0 radical (unpaired) electrons. The highest BCUT2D eigenvalue weighted by atomic mass is 32.2. The van der Waals surface area contributed by atoms with Gasteiger partial charge < -0.3 is 13.9 Å². The highest BCUT2D eigenvalue weighted by molar-refractivity contribution is 8.27. The summed E-state index contributed by atoms with van der Waals surface area (Å²) in [5.74, 6) is 1.13. The van der Waals surface area contributed by atoms with E-state index in [1.807, 2.05) is 0 Å². The molecule has 1 N–H and O–H groups in total. The topological polar surface area (TPSA) is 100 Å². The van der Waals surface area contributed by atoms with Crippen LogP contribution in [0.3, 0.4) is 0 Å². The van der Waals surface area contributed by atoms with Crippen LogP contribution in [0.1, 0.15) is 11.3 Å². The van der Waals surface area contributed by atoms with Gasteiger partial charge in [-0.15, -0.1) is 0 Å². The van der Waals surface area contributed by atoms with Gasteiger partial charge in [0.25, 0.3) is 5.91 Å². The van der Waals surface area contributed by atoms with Crippen LogP contribution in [-0.4, -0.2) is 41.2 Å². The minimum Gasteiger partial charge on any atom is -0.497 e. The third-order valence-electron chi connectivity index (χ3n) is 3.92. The van der Waals surface area contributed by atoms with E-state index >= 15 is 0 Å². The largest absolute Gasteiger partial charge is 0.497 e. The lowest BCUT2D eigenvalue weighted by atomic mass is 10.1. The molecule has 0 fully saturated rings. The molecule has 0 saturated carbocycles. The maximum absolute atomic E-state index is 12.5. The zero-order valence-corrected chi connectivity index (χ0v) is 15.2. The summed E-state index contributed by atoms with van der Waals surface area (Å²) in [5, 5.41) is 15.0. The van der Waals surface area contributed by atoms with Gasteiger partial charge in [-0.1, -0.05) is 0 Å². The number of aliphatic imine (C=N–C) groups is 1. The first-order chi connectivity index (χ1) is 13.1. The lowest BCUT2D eigenvalue weighted by molar-refractivity contribution is -0.114. The van der Waals surface area contributed by atoms with Gasteiger partial charge >= 0.3 is 0 Å². The van der Waals surface area contributed by atoms with E-state index < -0.39 is 5.91 Å². The number of fused-ring (bicyclic) bond motifs is 1. The molecule has 1 amide bonds. The zero-order chi connectivity index (χ0) is 19.0. The van der Waals surface area contributed by atoms with Crippen LogP contribution >= 0.6 is 11.8 Å². The van der Waals surface area contributed by atoms with Crippen LogP contribution in [0.25, 0.3) is 6.08 Å². The Balaban J connectivity index is 1.73. The van der Waals surface area contributed by atoms with Gasteiger partial charge in [-0.3, -0.25) is 10.2 Å². The molecule has 0 atom stereocenters. The number of hydrogen-bond donors (Lipinski definition) is 1. The maximum Gasteiger partial charge on any atom is 0.283 e. The molecule has 8 nitrogen and oxygen atoms in total. The van der Waals surface area contributed by atoms with Crippen molar-refractivity contribution in [2.75, 3.05) is 14.2 Å². The molecule has 0 aliphatic carbocycles. The second-order valence-electron chi connectivity index (χ2n) is 5.51. The van der Waals surface area contributed by atoms with Crippen LogP contribution in [0.5, 0.6) is 11.5 Å². The average Bonchev–Trinajstić information content (AvgIpc) is 3.34. The van der Waals surface area contributed by atoms with E-state index in [0.29, 0.717) is 33.0 Å². The number of carbonyl (C=O) groups excluding carboxylic acids is 1. The number of thioether (sulfide) groups is 1. The summed E-state index contributed by atoms with van der Waals surface area (Å²) in [7, 11) is 3.08. The van der Waals surface area contributed by atoms with Crippen molar-refractivity contribution >= 4 is 39.8 Å². The third kappa shape index (κ3) is 3.02. The molecule has 4 rings (SSSR count). The Kier molecular flexibility index (Phi) is 4.28. The second-order valence-corrected chi connectivity index (χ2v) is 6.47. The fourth-order valence-electron chi connectivity index (χ4n) is 2.60. The number of furan rings is 1. The fourth-order valence-corrected chi connectivity index (χ4v) is 3.46. The minimum atomic E-state index is -0.514. The van der Waals surface area contributed by atoms with Crippen LogP contribution in [0, 0.1) is 5.41 Å². The van der Waals surface area contributed by atoms with Gasteiger partial charge in [0.1, 0.15) is 11.5 Å². The van der Waals surface area contributed by atoms with Gasteiger partial charge in [0.2, 0.25) is 5.17 Å². The highest BCUT2D eigenvalue weighted by Gasteiger charge is 2.36. The Morgan fingerprint density at radius 2 is 2.11 bits per heavy atom. The Labute approximate surface area is 158 Å². The first kappa shape index (κ1) is 17.1. The Morgan fingerprint density at radius 1 is 1.26 bits per heavy atom. The molecule has 2 aromatic rings. The van der Waals surface area contributed by atoms with Gasteiger partial charge in [-0.05, 0) is 48.2 Å². The number of nitrogens with zero attached hydrogens (tertiary/aromatic N) is 3. The fraction of sp³-hybridized carbons (Fsp3) is 0.111. The molecule has 0 saturated heterocycles. The van der Waals surface area contributed by atoms with Crippen LogP contribution in [0.4, 0.5) is 0 Å². The SMILES string of the molecule is COc1ccc(OC)c(/C=C2/C(=N)N3N=C(c4ccco4)SC3=NC2=O)c1. The summed E-state index contributed by atoms with van der Waals surface area (Å²) in [5.41, 5.74) is 0.709. The van der Waals surface area contributed by atoms with Crippen LogP contribution < -0.4 is 9.47 Å². The zero-order valence-electron chi connectivity index (χ0n) is 14.4. The standard InChI is InChI=1S/C18H14N4O4S/c1-24-11-5-6-13(25-2)10(8-11)9-12-15(19)22-18(20-16(12)23)27-17(21-22)14-4-3-7-26-14/h3-9,19H,1-2H3/b12-9-,19-15?. The van der Waals surface area contributed by atoms with E-state index in [0.717, 1.165) is 0 Å². The summed E-state index contributed by atoms with van der Waals surface area (Å²) >= 11 is 1.18. The number of amidine groups is 2. The average molecular weight is 382 g/mol. The molecule has 0 unspecified atom stereocenters. The first-order valence-electron chi connectivity index (χ1n) is 7.87. The van der Waals surface area contributed by atoms with E-state index in [1.54, 1.807) is 43.5 Å². The molecule has 136 valence electrons. The van der Waals surface area contributed by atoms with Crippen LogP contribution in [0.2, 0.25) is 0 Å². The van der Waals surface area contributed by atoms with Crippen molar-refractivity contribution in [3.8, 4) is 11.5 Å². The lowest BCUT2D eigenvalue weighted by Gasteiger charge is -2.20. The summed E-state index contributed by atoms with van der Waals surface area (Å²) in [4.78, 5) is 16.6. The molecular formula is C18H14N4O4S. The number of rotatable bonds is 4. The molecule has 9 heteroatoms. The number of methoxy groups -OCH3 is 2. The van der Waals surface area contributed by atoms with E-state index in [-0.39, 0.29) is 11.4 Å². The number of carbonyl (C=O) groups is 1. The summed E-state index contributed by atoms with van der Waals surface area (Å²) in [6, 6.07) is 8.71. The van der Waals surface area contributed by atoms with Gasteiger partial charge in [-0.25, -0.2) is 0 Å². The van der Waals surface area contributed by atoms with Gasteiger partial charge in [0.05, 0.1) is 26.1 Å². The normalized spacial score (nSPS) is 17.7. The molecule has 1 aromatic heterocycles. The van der Waals surface area contributed by atoms with Crippen molar-refractivity contribution in [3.05, 3.63) is 53.5 Å². The van der Waals surface area contributed by atoms with E-state index in [9.17, 15) is 4.79 Å². The van der Waals surface area contributed by atoms with Crippen LogP contribution in [0.15, 0.2) is 56.7 Å². The quantitative estimate of drug-likeness (QED) is 0.816. The predicted molar refractivity (Wildman–Crippen MR) is 102 cm³/mol. The first-order valence-corrected chi connectivity index (χ1v) is 8.68. The number of amides is 1. The predicted octanol–water partition coefficient (Wildman–Crippen LogP) is 2.96. The van der Waals surface area contributed by atoms with Crippen molar-refractivity contribution in [3.63, 3.8) is 0 Å². The minimum absolute atomic E-state index is 0.0658. The van der Waals surface area contributed by atoms with Crippen molar-refractivity contribution in [1.29, 1.82) is 5.41 Å². The Hall–Kier alpha value is -3.33. The molecule has 0 spiro atoms. The van der Waals surface area contributed by atoms with Crippen LogP contribution in [-0.2, 0) is 4.79 Å². The Bertz CT molecular complexity index is 1020. The monoisotopic (exact) mass is 382 g/mol. The van der Waals surface area contributed by atoms with Crippen molar-refractivity contribution < 1.29 is 18.7 Å². The number of benzene rings is 1. The van der Waals surface area contributed by atoms with E-state index in [1.165, 1.54) is 30.1 Å². The number of nitrogens with one attached hydrogen (secondary N) is 1. The molecule has 1 aromatic carbocycles. The second kappa shape index (κ2) is 6.76. The molecule has 2 aliphatic heterocycles. The molecule has 0 bridgehead atoms. The van der Waals surface area contributed by atoms with E-state index in [4.69, 9.17) is 19.3 Å². The lowest BCUT2D eigenvalue weighted by Crippen LogP contribution is -2.35. The van der Waals surface area contributed by atoms with Crippen molar-refractivity contribution in [1.82, 2.24) is 5.01 Å². The van der Waals surface area contributed by atoms with Gasteiger partial charge in [0, 0.05) is 5.56 Å². The Morgan fingerprint density at radius 3 is 2.81 bits per heavy atom. The van der Waals surface area contributed by atoms with Gasteiger partial charge in [0.15, 0.2) is 16.6 Å². The van der Waals surface area contributed by atoms with Gasteiger partial charge in [-0.2, -0.15) is 15.1 Å². The summed E-state index contributed by atoms with van der Waals surface area (Å²) in [6.45, 7) is 0. The number of ether oxygens (including phenoxy) is 2. The van der Waals surface area contributed by atoms with Crippen molar-refractivity contribution in [2.24, 2.45) is 10.1 Å².